The van der Waals surface area contributed by atoms with Gasteiger partial charge in [-0.2, -0.15) is 0 Å². The predicted molar refractivity (Wildman–Crippen MR) is 58.7 cm³/mol. The highest BCUT2D eigenvalue weighted by Gasteiger charge is 2.02. The second-order valence-corrected chi connectivity index (χ2v) is 3.82. The molecule has 0 radical (unpaired) electrons. The minimum absolute atomic E-state index is 0.0445. The summed E-state index contributed by atoms with van der Waals surface area (Å²) in [6, 6.07) is 1.86. The fourth-order valence-corrected chi connectivity index (χ4v) is 2.02. The number of hydrogen-bond acceptors (Lipinski definition) is 3. The standard InChI is InChI=1S/C10H10N2OS/c1-2-3-5-12-7-11-8-4-6-14-9(8)10(12)13/h2-4,6-7H,5H2,1H3/b3-2+. The molecule has 0 amide bonds. The summed E-state index contributed by atoms with van der Waals surface area (Å²) in [5.41, 5.74) is 0.833. The van der Waals surface area contributed by atoms with E-state index in [-0.39, 0.29) is 5.56 Å². The lowest BCUT2D eigenvalue weighted by Gasteiger charge is -1.99. The molecule has 0 N–H and O–H groups in total. The van der Waals surface area contributed by atoms with Crippen LogP contribution in [0.4, 0.5) is 0 Å². The van der Waals surface area contributed by atoms with E-state index >= 15 is 0 Å². The number of fused-ring (bicyclic) bond motifs is 1. The van der Waals surface area contributed by atoms with Gasteiger partial charge in [-0.3, -0.25) is 9.36 Å². The van der Waals surface area contributed by atoms with Crippen LogP contribution in [0.25, 0.3) is 10.2 Å². The number of rotatable bonds is 2. The second kappa shape index (κ2) is 3.75. The topological polar surface area (TPSA) is 34.9 Å². The summed E-state index contributed by atoms with van der Waals surface area (Å²) in [5.74, 6) is 0. The van der Waals surface area contributed by atoms with E-state index in [1.165, 1.54) is 11.3 Å². The normalized spacial score (nSPS) is 11.5. The van der Waals surface area contributed by atoms with Gasteiger partial charge in [0.15, 0.2) is 0 Å². The van der Waals surface area contributed by atoms with Gasteiger partial charge < -0.3 is 0 Å². The number of aromatic nitrogens is 2. The third-order valence-electron chi connectivity index (χ3n) is 1.97. The quantitative estimate of drug-likeness (QED) is 0.705. The van der Waals surface area contributed by atoms with Crippen LogP contribution in [-0.2, 0) is 6.54 Å². The van der Waals surface area contributed by atoms with Crippen LogP contribution in [0.15, 0.2) is 34.7 Å². The molecule has 2 aromatic rings. The Balaban J connectivity index is 2.56. The van der Waals surface area contributed by atoms with Crippen molar-refractivity contribution in [2.75, 3.05) is 0 Å². The van der Waals surface area contributed by atoms with Gasteiger partial charge in [-0.1, -0.05) is 12.2 Å². The SMILES string of the molecule is C/C=C/Cn1cnc2ccsc2c1=O. The fourth-order valence-electron chi connectivity index (χ4n) is 1.23. The van der Waals surface area contributed by atoms with Crippen LogP contribution in [0, 0.1) is 0 Å². The first kappa shape index (κ1) is 9.15. The van der Waals surface area contributed by atoms with Gasteiger partial charge >= 0.3 is 0 Å². The fraction of sp³-hybridized carbons (Fsp3) is 0.200. The summed E-state index contributed by atoms with van der Waals surface area (Å²) in [4.78, 5) is 16.0. The van der Waals surface area contributed by atoms with Crippen LogP contribution >= 0.6 is 11.3 Å². The Morgan fingerprint density at radius 2 is 2.50 bits per heavy atom. The zero-order valence-electron chi connectivity index (χ0n) is 7.80. The Morgan fingerprint density at radius 1 is 1.64 bits per heavy atom. The maximum Gasteiger partial charge on any atom is 0.271 e. The molecule has 0 aliphatic carbocycles. The van der Waals surface area contributed by atoms with Crippen LogP contribution in [0.2, 0.25) is 0 Å². The van der Waals surface area contributed by atoms with Gasteiger partial charge in [0.1, 0.15) is 4.70 Å². The molecule has 0 saturated heterocycles. The summed E-state index contributed by atoms with van der Waals surface area (Å²) in [7, 11) is 0. The zero-order valence-corrected chi connectivity index (χ0v) is 8.62. The van der Waals surface area contributed by atoms with Crippen molar-refractivity contribution >= 4 is 21.6 Å². The molecule has 0 spiro atoms. The van der Waals surface area contributed by atoms with Gasteiger partial charge in [-0.25, -0.2) is 4.98 Å². The van der Waals surface area contributed by atoms with E-state index < -0.39 is 0 Å². The first-order chi connectivity index (χ1) is 6.83. The van der Waals surface area contributed by atoms with E-state index in [2.05, 4.69) is 4.98 Å². The van der Waals surface area contributed by atoms with E-state index in [0.29, 0.717) is 6.54 Å². The van der Waals surface area contributed by atoms with Crippen LogP contribution in [0.3, 0.4) is 0 Å². The van der Waals surface area contributed by atoms with Crippen molar-refractivity contribution in [1.82, 2.24) is 9.55 Å². The third-order valence-corrected chi connectivity index (χ3v) is 2.87. The largest absolute Gasteiger partial charge is 0.294 e. The molecule has 2 aromatic heterocycles. The molecule has 3 nitrogen and oxygen atoms in total. The van der Waals surface area contributed by atoms with Crippen LogP contribution in [0.1, 0.15) is 6.92 Å². The lowest BCUT2D eigenvalue weighted by molar-refractivity contribution is 0.767. The van der Waals surface area contributed by atoms with Crippen molar-refractivity contribution in [3.63, 3.8) is 0 Å². The first-order valence-corrected chi connectivity index (χ1v) is 5.24. The van der Waals surface area contributed by atoms with Gasteiger partial charge in [0.2, 0.25) is 0 Å². The Morgan fingerprint density at radius 3 is 3.29 bits per heavy atom. The Hall–Kier alpha value is -1.42. The molecule has 2 rings (SSSR count). The Bertz CT molecular complexity index is 524. The first-order valence-electron chi connectivity index (χ1n) is 4.36. The monoisotopic (exact) mass is 206 g/mol. The molecule has 2 heterocycles. The van der Waals surface area contributed by atoms with E-state index in [9.17, 15) is 4.79 Å². The molecular formula is C10H10N2OS. The molecule has 0 fully saturated rings. The maximum absolute atomic E-state index is 11.8. The molecule has 0 unspecified atom stereocenters. The summed E-state index contributed by atoms with van der Waals surface area (Å²) in [5, 5.41) is 1.89. The van der Waals surface area contributed by atoms with Crippen LogP contribution in [-0.4, -0.2) is 9.55 Å². The number of thiophene rings is 1. The summed E-state index contributed by atoms with van der Waals surface area (Å²) in [6.45, 7) is 2.53. The highest BCUT2D eigenvalue weighted by atomic mass is 32.1. The molecule has 0 atom stereocenters. The summed E-state index contributed by atoms with van der Waals surface area (Å²) in [6.07, 6.45) is 5.45. The molecule has 0 aliphatic rings. The zero-order chi connectivity index (χ0) is 9.97. The molecule has 14 heavy (non-hydrogen) atoms. The van der Waals surface area contributed by atoms with Gasteiger partial charge in [-0.05, 0) is 18.4 Å². The van der Waals surface area contributed by atoms with E-state index in [0.717, 1.165) is 10.2 Å². The lowest BCUT2D eigenvalue weighted by atomic mass is 10.4. The van der Waals surface area contributed by atoms with Crippen molar-refractivity contribution in [3.8, 4) is 0 Å². The minimum Gasteiger partial charge on any atom is -0.294 e. The van der Waals surface area contributed by atoms with E-state index in [1.54, 1.807) is 10.9 Å². The molecule has 0 aromatic carbocycles. The molecule has 0 saturated carbocycles. The Labute approximate surface area is 85.3 Å². The summed E-state index contributed by atoms with van der Waals surface area (Å²) < 4.78 is 2.34. The lowest BCUT2D eigenvalue weighted by Crippen LogP contribution is -2.18. The van der Waals surface area contributed by atoms with Gasteiger partial charge in [-0.15, -0.1) is 11.3 Å². The Kier molecular flexibility index (Phi) is 2.45. The third kappa shape index (κ3) is 1.48. The van der Waals surface area contributed by atoms with Crippen molar-refractivity contribution in [3.05, 3.63) is 40.3 Å². The average Bonchev–Trinajstić information content (AvgIpc) is 2.66. The predicted octanol–water partition coefficient (Wildman–Crippen LogP) is 2.03. The minimum atomic E-state index is 0.0445. The van der Waals surface area contributed by atoms with Gasteiger partial charge in [0, 0.05) is 6.54 Å². The number of allylic oxidation sites excluding steroid dienone is 2. The van der Waals surface area contributed by atoms with E-state index in [4.69, 9.17) is 0 Å². The molecule has 4 heteroatoms. The smallest absolute Gasteiger partial charge is 0.271 e. The highest BCUT2D eigenvalue weighted by Crippen LogP contribution is 2.12. The van der Waals surface area contributed by atoms with Crippen molar-refractivity contribution in [2.24, 2.45) is 0 Å². The van der Waals surface area contributed by atoms with Gasteiger partial charge in [0.25, 0.3) is 5.56 Å². The van der Waals surface area contributed by atoms with E-state index in [1.807, 2.05) is 30.5 Å². The average molecular weight is 206 g/mol. The van der Waals surface area contributed by atoms with Crippen molar-refractivity contribution < 1.29 is 0 Å². The molecule has 0 bridgehead atoms. The van der Waals surface area contributed by atoms with Crippen molar-refractivity contribution in [1.29, 1.82) is 0 Å². The highest BCUT2D eigenvalue weighted by molar-refractivity contribution is 7.17. The second-order valence-electron chi connectivity index (χ2n) is 2.91. The van der Waals surface area contributed by atoms with Crippen molar-refractivity contribution in [2.45, 2.75) is 13.5 Å². The van der Waals surface area contributed by atoms with Crippen LogP contribution in [0.5, 0.6) is 0 Å². The van der Waals surface area contributed by atoms with Crippen LogP contribution < -0.4 is 5.56 Å². The molecule has 72 valence electrons. The van der Waals surface area contributed by atoms with Gasteiger partial charge in [0.05, 0.1) is 11.8 Å². The summed E-state index contributed by atoms with van der Waals surface area (Å²) >= 11 is 1.44. The molecule has 0 aliphatic heterocycles. The number of hydrogen-bond donors (Lipinski definition) is 0. The maximum atomic E-state index is 11.8. The number of nitrogens with zero attached hydrogens (tertiary/aromatic N) is 2. The molecular weight excluding hydrogens is 196 g/mol.